The number of benzene rings is 1. The quantitative estimate of drug-likeness (QED) is 0.623. The van der Waals surface area contributed by atoms with Crippen LogP contribution in [-0.4, -0.2) is 40.6 Å². The molecule has 3 aromatic rings. The molecule has 4 rings (SSSR count). The van der Waals surface area contributed by atoms with Crippen LogP contribution in [0.25, 0.3) is 10.2 Å². The highest BCUT2D eigenvalue weighted by Crippen LogP contribution is 2.31. The number of methoxy groups -OCH3 is 1. The number of rotatable bonds is 5. The van der Waals surface area contributed by atoms with E-state index in [2.05, 4.69) is 26.4 Å². The van der Waals surface area contributed by atoms with Crippen LogP contribution in [0, 0.1) is 0 Å². The Hall–Kier alpha value is -1.83. The van der Waals surface area contributed by atoms with Gasteiger partial charge in [0.15, 0.2) is 0 Å². The number of hydrogen-bond donors (Lipinski definition) is 0. The maximum absolute atomic E-state index is 6.16. The Labute approximate surface area is 155 Å². The van der Waals surface area contributed by atoms with E-state index in [0.29, 0.717) is 0 Å². The van der Waals surface area contributed by atoms with E-state index >= 15 is 0 Å². The molecular formula is C18H19N3O2S2. The number of nitrogens with zero attached hydrogens (tertiary/aromatic N) is 3. The van der Waals surface area contributed by atoms with Crippen LogP contribution in [0.2, 0.25) is 0 Å². The lowest BCUT2D eigenvalue weighted by molar-refractivity contribution is 0.135. The maximum atomic E-state index is 6.16. The Morgan fingerprint density at radius 2 is 1.92 bits per heavy atom. The van der Waals surface area contributed by atoms with Gasteiger partial charge in [-0.05, 0) is 60.5 Å². The molecule has 0 aliphatic carbocycles. The minimum atomic E-state index is 0.216. The third-order valence-electron chi connectivity index (χ3n) is 4.18. The second-order valence-electron chi connectivity index (χ2n) is 5.83. The SMILES string of the molecule is COc1ccc(SN2CCC(Oc3ncnc4ccsc34)CC2)cc1. The molecule has 1 fully saturated rings. The molecule has 25 heavy (non-hydrogen) atoms. The van der Waals surface area contributed by atoms with Crippen LogP contribution in [0.15, 0.2) is 46.9 Å². The Bertz CT molecular complexity index is 830. The van der Waals surface area contributed by atoms with Crippen molar-refractivity contribution in [1.82, 2.24) is 14.3 Å². The smallest absolute Gasteiger partial charge is 0.235 e. The lowest BCUT2D eigenvalue weighted by Gasteiger charge is -2.30. The van der Waals surface area contributed by atoms with Gasteiger partial charge in [-0.25, -0.2) is 14.3 Å². The number of aromatic nitrogens is 2. The van der Waals surface area contributed by atoms with Gasteiger partial charge >= 0.3 is 0 Å². The van der Waals surface area contributed by atoms with E-state index in [9.17, 15) is 0 Å². The zero-order chi connectivity index (χ0) is 17.1. The van der Waals surface area contributed by atoms with Crippen LogP contribution in [0.3, 0.4) is 0 Å². The van der Waals surface area contributed by atoms with Crippen LogP contribution in [0.5, 0.6) is 11.6 Å². The first-order chi connectivity index (χ1) is 12.3. The fourth-order valence-electron chi connectivity index (χ4n) is 2.84. The molecule has 0 saturated carbocycles. The molecule has 5 nitrogen and oxygen atoms in total. The van der Waals surface area contributed by atoms with Gasteiger partial charge in [0, 0.05) is 18.0 Å². The molecule has 1 aliphatic rings. The zero-order valence-electron chi connectivity index (χ0n) is 13.9. The summed E-state index contributed by atoms with van der Waals surface area (Å²) in [5.41, 5.74) is 0.961. The number of piperidine rings is 1. The van der Waals surface area contributed by atoms with Gasteiger partial charge in [0.2, 0.25) is 5.88 Å². The van der Waals surface area contributed by atoms with Crippen molar-refractivity contribution in [3.63, 3.8) is 0 Å². The first-order valence-electron chi connectivity index (χ1n) is 8.23. The van der Waals surface area contributed by atoms with Crippen molar-refractivity contribution >= 4 is 33.5 Å². The average Bonchev–Trinajstić information content (AvgIpc) is 3.14. The lowest BCUT2D eigenvalue weighted by atomic mass is 10.1. The van der Waals surface area contributed by atoms with Gasteiger partial charge in [-0.1, -0.05) is 0 Å². The molecule has 0 radical (unpaired) electrons. The topological polar surface area (TPSA) is 47.5 Å². The highest BCUT2D eigenvalue weighted by atomic mass is 32.2. The van der Waals surface area contributed by atoms with Crippen molar-refractivity contribution in [3.05, 3.63) is 42.0 Å². The minimum Gasteiger partial charge on any atom is -0.497 e. The molecule has 130 valence electrons. The summed E-state index contributed by atoms with van der Waals surface area (Å²) >= 11 is 3.43. The average molecular weight is 374 g/mol. The Morgan fingerprint density at radius 1 is 1.12 bits per heavy atom. The van der Waals surface area contributed by atoms with Gasteiger partial charge < -0.3 is 9.47 Å². The molecule has 0 unspecified atom stereocenters. The Kier molecular flexibility index (Phi) is 5.05. The maximum Gasteiger partial charge on any atom is 0.235 e. The summed E-state index contributed by atoms with van der Waals surface area (Å²) in [5.74, 6) is 1.61. The van der Waals surface area contributed by atoms with Gasteiger partial charge in [-0.2, -0.15) is 0 Å². The predicted molar refractivity (Wildman–Crippen MR) is 101 cm³/mol. The van der Waals surface area contributed by atoms with Gasteiger partial charge in [0.25, 0.3) is 0 Å². The number of thiophene rings is 1. The first-order valence-corrected chi connectivity index (χ1v) is 9.89. The summed E-state index contributed by atoms with van der Waals surface area (Å²) < 4.78 is 14.8. The molecule has 1 aromatic carbocycles. The highest BCUT2D eigenvalue weighted by molar-refractivity contribution is 7.97. The lowest BCUT2D eigenvalue weighted by Crippen LogP contribution is -2.34. The van der Waals surface area contributed by atoms with E-state index in [1.807, 2.05) is 23.6 Å². The number of fused-ring (bicyclic) bond motifs is 1. The molecule has 0 atom stereocenters. The van der Waals surface area contributed by atoms with Gasteiger partial charge in [0.05, 0.1) is 12.6 Å². The summed E-state index contributed by atoms with van der Waals surface area (Å²) in [7, 11) is 1.69. The minimum absolute atomic E-state index is 0.216. The summed E-state index contributed by atoms with van der Waals surface area (Å²) in [6.07, 6.45) is 3.80. The third-order valence-corrected chi connectivity index (χ3v) is 6.18. The van der Waals surface area contributed by atoms with Crippen molar-refractivity contribution in [2.75, 3.05) is 20.2 Å². The van der Waals surface area contributed by atoms with Crippen molar-refractivity contribution in [1.29, 1.82) is 0 Å². The van der Waals surface area contributed by atoms with Crippen LogP contribution in [-0.2, 0) is 0 Å². The van der Waals surface area contributed by atoms with E-state index in [0.717, 1.165) is 47.8 Å². The fourth-order valence-corrected chi connectivity index (χ4v) is 4.56. The van der Waals surface area contributed by atoms with E-state index in [1.54, 1.807) is 36.7 Å². The van der Waals surface area contributed by atoms with Crippen molar-refractivity contribution in [2.24, 2.45) is 0 Å². The summed E-state index contributed by atoms with van der Waals surface area (Å²) in [6.45, 7) is 2.00. The summed E-state index contributed by atoms with van der Waals surface area (Å²) in [6, 6.07) is 10.2. The monoisotopic (exact) mass is 373 g/mol. The van der Waals surface area contributed by atoms with Gasteiger partial charge in [-0.3, -0.25) is 0 Å². The van der Waals surface area contributed by atoms with Crippen molar-refractivity contribution in [3.8, 4) is 11.6 Å². The second kappa shape index (κ2) is 7.59. The zero-order valence-corrected chi connectivity index (χ0v) is 15.6. The van der Waals surface area contributed by atoms with Crippen molar-refractivity contribution in [2.45, 2.75) is 23.8 Å². The van der Waals surface area contributed by atoms with Crippen LogP contribution < -0.4 is 9.47 Å². The Balaban J connectivity index is 1.32. The predicted octanol–water partition coefficient (Wildman–Crippen LogP) is 4.25. The molecule has 0 bridgehead atoms. The normalized spacial score (nSPS) is 16.2. The van der Waals surface area contributed by atoms with Crippen LogP contribution in [0.4, 0.5) is 0 Å². The van der Waals surface area contributed by atoms with Crippen molar-refractivity contribution < 1.29 is 9.47 Å². The van der Waals surface area contributed by atoms with E-state index < -0.39 is 0 Å². The molecule has 0 spiro atoms. The van der Waals surface area contributed by atoms with Gasteiger partial charge in [0.1, 0.15) is 22.9 Å². The molecule has 1 aliphatic heterocycles. The van der Waals surface area contributed by atoms with E-state index in [4.69, 9.17) is 9.47 Å². The molecule has 1 saturated heterocycles. The third kappa shape index (κ3) is 3.89. The van der Waals surface area contributed by atoms with E-state index in [1.165, 1.54) is 4.90 Å². The number of hydrogen-bond acceptors (Lipinski definition) is 7. The molecule has 7 heteroatoms. The molecule has 0 amide bonds. The number of ether oxygens (including phenoxy) is 2. The largest absolute Gasteiger partial charge is 0.497 e. The van der Waals surface area contributed by atoms with Crippen LogP contribution in [0.1, 0.15) is 12.8 Å². The summed E-state index contributed by atoms with van der Waals surface area (Å²) in [5, 5.41) is 2.03. The van der Waals surface area contributed by atoms with Crippen LogP contribution >= 0.6 is 23.3 Å². The molecule has 2 aromatic heterocycles. The highest BCUT2D eigenvalue weighted by Gasteiger charge is 2.22. The summed E-state index contributed by atoms with van der Waals surface area (Å²) in [4.78, 5) is 9.82. The Morgan fingerprint density at radius 3 is 2.68 bits per heavy atom. The van der Waals surface area contributed by atoms with Gasteiger partial charge in [-0.15, -0.1) is 11.3 Å². The molecular weight excluding hydrogens is 354 g/mol. The second-order valence-corrected chi connectivity index (χ2v) is 7.91. The first kappa shape index (κ1) is 16.6. The molecule has 3 heterocycles. The standard InChI is InChI=1S/C18H19N3O2S2/c1-22-13-2-4-15(5-3-13)25-21-9-6-14(7-10-21)23-18-17-16(8-11-24-17)19-12-20-18/h2-5,8,11-12,14H,6-7,9-10H2,1H3. The van der Waals surface area contributed by atoms with E-state index in [-0.39, 0.29) is 6.10 Å². The fraction of sp³-hybridized carbons (Fsp3) is 0.333. The molecule has 0 N–H and O–H groups in total.